The van der Waals surface area contributed by atoms with E-state index in [4.69, 9.17) is 0 Å². The number of likely N-dealkylation sites (tertiary alicyclic amines) is 1. The Bertz CT molecular complexity index is 1380. The van der Waals surface area contributed by atoms with Gasteiger partial charge < -0.3 is 15.0 Å². The number of piperidine rings is 1. The summed E-state index contributed by atoms with van der Waals surface area (Å²) in [5, 5.41) is 23.2. The summed E-state index contributed by atoms with van der Waals surface area (Å²) in [6, 6.07) is 26.4. The molecule has 2 N–H and O–H groups in total. The predicted molar refractivity (Wildman–Crippen MR) is 149 cm³/mol. The average Bonchev–Trinajstić information content (AvgIpc) is 3.17. The highest BCUT2D eigenvalue weighted by Gasteiger charge is 2.20. The van der Waals surface area contributed by atoms with Gasteiger partial charge in [-0.25, -0.2) is 0 Å². The lowest BCUT2D eigenvalue weighted by molar-refractivity contribution is -0.117. The van der Waals surface area contributed by atoms with Crippen molar-refractivity contribution >= 4 is 38.4 Å². The number of benzene rings is 3. The monoisotopic (exact) mass is 559 g/mol. The van der Waals surface area contributed by atoms with E-state index >= 15 is 0 Å². The fraction of sp³-hybridized carbons (Fsp3) is 0.276. The van der Waals surface area contributed by atoms with Crippen LogP contribution in [0.1, 0.15) is 24.0 Å². The summed E-state index contributed by atoms with van der Waals surface area (Å²) >= 11 is 3.50. The highest BCUT2D eigenvalue weighted by Crippen LogP contribution is 2.40. The van der Waals surface area contributed by atoms with Gasteiger partial charge in [0.05, 0.1) is 18.6 Å². The van der Waals surface area contributed by atoms with E-state index in [-0.39, 0.29) is 24.4 Å². The number of rotatable bonds is 8. The van der Waals surface area contributed by atoms with Crippen LogP contribution in [0.15, 0.2) is 93.6 Å². The molecule has 4 aromatic rings. The standard InChI is InChI=1S/C29H30BrN5O2/c30-23-11-12-26-25(17-23)28(29(37)35(26)20-22-9-5-2-6-10-22)33-32-27(36)18-31-24-13-15-34(16-14-24)19-21-7-3-1-4-8-21/h1-12,17,24,31,37H,13-16,18-20H2. The lowest BCUT2D eigenvalue weighted by atomic mass is 10.0. The van der Waals surface area contributed by atoms with Crippen molar-refractivity contribution in [2.24, 2.45) is 10.2 Å². The Labute approximate surface area is 225 Å². The molecule has 1 aromatic heterocycles. The smallest absolute Gasteiger partial charge is 0.278 e. The Morgan fingerprint density at radius 3 is 2.27 bits per heavy atom. The van der Waals surface area contributed by atoms with E-state index in [1.807, 2.05) is 54.6 Å². The van der Waals surface area contributed by atoms with E-state index in [0.717, 1.165) is 53.4 Å². The van der Waals surface area contributed by atoms with Gasteiger partial charge >= 0.3 is 0 Å². The molecule has 0 saturated carbocycles. The van der Waals surface area contributed by atoms with Crippen LogP contribution in [0, 0.1) is 0 Å². The Hall–Kier alpha value is -3.33. The van der Waals surface area contributed by atoms with E-state index in [2.05, 4.69) is 60.6 Å². The van der Waals surface area contributed by atoms with E-state index in [0.29, 0.717) is 12.2 Å². The summed E-state index contributed by atoms with van der Waals surface area (Å²) in [5.41, 5.74) is 3.50. The van der Waals surface area contributed by atoms with Crippen LogP contribution in [0.2, 0.25) is 0 Å². The van der Waals surface area contributed by atoms with Crippen molar-refractivity contribution in [2.45, 2.75) is 32.0 Å². The molecule has 5 rings (SSSR count). The number of carbonyl (C=O) groups is 1. The molecule has 190 valence electrons. The first kappa shape index (κ1) is 25.3. The number of nitrogens with zero attached hydrogens (tertiary/aromatic N) is 4. The number of aromatic nitrogens is 1. The number of hydrogen-bond acceptors (Lipinski definition) is 5. The molecular weight excluding hydrogens is 530 g/mol. The number of carbonyl (C=O) groups excluding carboxylic acids is 1. The minimum atomic E-state index is -0.356. The molecule has 8 heteroatoms. The van der Waals surface area contributed by atoms with Crippen molar-refractivity contribution in [3.8, 4) is 5.88 Å². The summed E-state index contributed by atoms with van der Waals surface area (Å²) in [4.78, 5) is 15.0. The maximum absolute atomic E-state index is 12.5. The van der Waals surface area contributed by atoms with Crippen LogP contribution in [-0.4, -0.2) is 46.2 Å². The highest BCUT2D eigenvalue weighted by molar-refractivity contribution is 9.10. The fourth-order valence-corrected chi connectivity index (χ4v) is 5.19. The van der Waals surface area contributed by atoms with Gasteiger partial charge in [0, 0.05) is 22.4 Å². The van der Waals surface area contributed by atoms with Gasteiger partial charge in [-0.2, -0.15) is 0 Å². The molecule has 1 aliphatic rings. The third-order valence-electron chi connectivity index (χ3n) is 6.80. The quantitative estimate of drug-likeness (QED) is 0.258. The lowest BCUT2D eigenvalue weighted by Gasteiger charge is -2.32. The van der Waals surface area contributed by atoms with E-state index in [1.165, 1.54) is 5.56 Å². The molecule has 1 amide bonds. The zero-order valence-electron chi connectivity index (χ0n) is 20.6. The number of hydrogen-bond donors (Lipinski definition) is 2. The molecule has 37 heavy (non-hydrogen) atoms. The Morgan fingerprint density at radius 1 is 0.946 bits per heavy atom. The number of nitrogens with one attached hydrogen (secondary N) is 1. The molecule has 1 fully saturated rings. The van der Waals surface area contributed by atoms with E-state index in [9.17, 15) is 9.90 Å². The Balaban J connectivity index is 1.20. The highest BCUT2D eigenvalue weighted by atomic mass is 79.9. The molecule has 1 saturated heterocycles. The van der Waals surface area contributed by atoms with Crippen molar-refractivity contribution in [2.75, 3.05) is 19.6 Å². The molecule has 0 atom stereocenters. The van der Waals surface area contributed by atoms with Crippen molar-refractivity contribution in [3.05, 3.63) is 94.5 Å². The summed E-state index contributed by atoms with van der Waals surface area (Å²) in [6.45, 7) is 3.55. The SMILES string of the molecule is O=C(CNC1CCN(Cc2ccccc2)CC1)N=Nc1c(O)n(Cc2ccccc2)c2ccc(Br)cc12. The predicted octanol–water partition coefficient (Wildman–Crippen LogP) is 6.02. The number of halogens is 1. The number of azo groups is 1. The van der Waals surface area contributed by atoms with Gasteiger partial charge in [-0.15, -0.1) is 10.2 Å². The molecule has 0 spiro atoms. The molecule has 2 heterocycles. The minimum absolute atomic E-state index is 0.00718. The first-order valence-electron chi connectivity index (χ1n) is 12.6. The van der Waals surface area contributed by atoms with Gasteiger partial charge in [-0.05, 0) is 55.3 Å². The van der Waals surface area contributed by atoms with Crippen LogP contribution in [0.5, 0.6) is 5.88 Å². The zero-order valence-corrected chi connectivity index (χ0v) is 22.1. The molecule has 0 aliphatic carbocycles. The van der Waals surface area contributed by atoms with Gasteiger partial charge in [0.15, 0.2) is 5.69 Å². The van der Waals surface area contributed by atoms with Crippen LogP contribution in [-0.2, 0) is 17.9 Å². The van der Waals surface area contributed by atoms with Crippen LogP contribution in [0.3, 0.4) is 0 Å². The number of fused-ring (bicyclic) bond motifs is 1. The Morgan fingerprint density at radius 2 is 1.59 bits per heavy atom. The largest absolute Gasteiger partial charge is 0.493 e. The Kier molecular flexibility index (Phi) is 8.08. The molecule has 0 bridgehead atoms. The van der Waals surface area contributed by atoms with Gasteiger partial charge in [-0.3, -0.25) is 9.69 Å². The topological polar surface area (TPSA) is 82.2 Å². The summed E-state index contributed by atoms with van der Waals surface area (Å²) in [7, 11) is 0. The van der Waals surface area contributed by atoms with E-state index in [1.54, 1.807) is 4.57 Å². The second kappa shape index (κ2) is 11.8. The summed E-state index contributed by atoms with van der Waals surface area (Å²) < 4.78 is 2.65. The summed E-state index contributed by atoms with van der Waals surface area (Å²) in [5.74, 6) is -0.364. The lowest BCUT2D eigenvalue weighted by Crippen LogP contribution is -2.43. The fourth-order valence-electron chi connectivity index (χ4n) is 4.83. The van der Waals surface area contributed by atoms with Crippen LogP contribution < -0.4 is 5.32 Å². The van der Waals surface area contributed by atoms with Gasteiger partial charge in [0.1, 0.15) is 0 Å². The van der Waals surface area contributed by atoms with Gasteiger partial charge in [-0.1, -0.05) is 76.6 Å². The van der Waals surface area contributed by atoms with Gasteiger partial charge in [0.25, 0.3) is 5.91 Å². The first-order chi connectivity index (χ1) is 18.1. The first-order valence-corrected chi connectivity index (χ1v) is 13.3. The molecule has 0 radical (unpaired) electrons. The van der Waals surface area contributed by atoms with Crippen molar-refractivity contribution in [1.82, 2.24) is 14.8 Å². The zero-order chi connectivity index (χ0) is 25.6. The normalized spacial score (nSPS) is 15.1. The van der Waals surface area contributed by atoms with Crippen LogP contribution >= 0.6 is 15.9 Å². The second-order valence-corrected chi connectivity index (χ2v) is 10.3. The van der Waals surface area contributed by atoms with Gasteiger partial charge in [0.2, 0.25) is 5.88 Å². The van der Waals surface area contributed by atoms with Crippen molar-refractivity contribution in [3.63, 3.8) is 0 Å². The molecular formula is C29H30BrN5O2. The number of amides is 1. The second-order valence-electron chi connectivity index (χ2n) is 9.42. The molecule has 0 unspecified atom stereocenters. The van der Waals surface area contributed by atoms with Crippen molar-refractivity contribution < 1.29 is 9.90 Å². The van der Waals surface area contributed by atoms with Crippen LogP contribution in [0.4, 0.5) is 5.69 Å². The molecule has 7 nitrogen and oxygen atoms in total. The maximum Gasteiger partial charge on any atom is 0.278 e. The van der Waals surface area contributed by atoms with E-state index < -0.39 is 0 Å². The van der Waals surface area contributed by atoms with Crippen LogP contribution in [0.25, 0.3) is 10.9 Å². The minimum Gasteiger partial charge on any atom is -0.493 e. The van der Waals surface area contributed by atoms with Crippen molar-refractivity contribution in [1.29, 1.82) is 0 Å². The average molecular weight is 560 g/mol. The third-order valence-corrected chi connectivity index (χ3v) is 7.29. The third kappa shape index (κ3) is 6.33. The summed E-state index contributed by atoms with van der Waals surface area (Å²) in [6.07, 6.45) is 1.97. The molecule has 1 aliphatic heterocycles. The number of aromatic hydroxyl groups is 1. The molecule has 3 aromatic carbocycles. The maximum atomic E-state index is 12.5.